The first-order valence-corrected chi connectivity index (χ1v) is 4.41. The first-order valence-electron chi connectivity index (χ1n) is 4.41. The molecule has 0 fully saturated rings. The molecule has 0 atom stereocenters. The Morgan fingerprint density at radius 1 is 1.56 bits per heavy atom. The number of H-pyrrole nitrogens is 1. The minimum atomic E-state index is -0.536. The first-order chi connectivity index (χ1) is 7.58. The van der Waals surface area contributed by atoms with Crippen molar-refractivity contribution in [3.8, 4) is 11.4 Å². The molecule has 0 saturated heterocycles. The Morgan fingerprint density at radius 3 is 2.88 bits per heavy atom. The molecule has 0 spiro atoms. The molecule has 2 rings (SSSR count). The van der Waals surface area contributed by atoms with Crippen LogP contribution in [-0.2, 0) is 7.05 Å². The van der Waals surface area contributed by atoms with Gasteiger partial charge in [-0.15, -0.1) is 0 Å². The number of aromatic nitrogens is 4. The van der Waals surface area contributed by atoms with Crippen LogP contribution in [0.4, 0.5) is 11.4 Å². The van der Waals surface area contributed by atoms with Gasteiger partial charge >= 0.3 is 5.82 Å². The van der Waals surface area contributed by atoms with Gasteiger partial charge in [-0.25, -0.2) is 0 Å². The number of nitrogens with two attached hydrogens (primary N) is 1. The maximum atomic E-state index is 10.7. The van der Waals surface area contributed by atoms with E-state index in [1.807, 2.05) is 0 Å². The van der Waals surface area contributed by atoms with E-state index in [-0.39, 0.29) is 11.4 Å². The number of hydrogen-bond donors (Lipinski definition) is 2. The lowest BCUT2D eigenvalue weighted by Gasteiger charge is -1.96. The van der Waals surface area contributed by atoms with Crippen molar-refractivity contribution in [3.05, 3.63) is 28.3 Å². The molecule has 8 nitrogen and oxygen atoms in total. The molecule has 1 heterocycles. The van der Waals surface area contributed by atoms with Gasteiger partial charge in [-0.1, -0.05) is 4.80 Å². The molecule has 0 saturated carbocycles. The normalized spacial score (nSPS) is 10.3. The Bertz CT molecular complexity index is 549. The number of nitrogens with zero attached hydrogens (tertiary/aromatic N) is 4. The number of rotatable bonds is 2. The summed E-state index contributed by atoms with van der Waals surface area (Å²) in [5, 5.41) is 21.1. The summed E-state index contributed by atoms with van der Waals surface area (Å²) in [4.78, 5) is 11.5. The van der Waals surface area contributed by atoms with E-state index in [4.69, 9.17) is 5.73 Å². The average Bonchev–Trinajstić information content (AvgIpc) is 2.65. The molecule has 0 unspecified atom stereocenters. The SMILES string of the molecule is C[n+]1nc(-c2ccc(N)c([N+](=O)[O-])c2)n[nH]1. The summed E-state index contributed by atoms with van der Waals surface area (Å²) in [7, 11) is 1.67. The molecule has 0 amide bonds. The molecule has 0 aliphatic heterocycles. The van der Waals surface area contributed by atoms with Crippen LogP contribution in [0.25, 0.3) is 11.4 Å². The van der Waals surface area contributed by atoms with E-state index < -0.39 is 4.92 Å². The van der Waals surface area contributed by atoms with Gasteiger partial charge in [-0.2, -0.15) is 0 Å². The Hall–Kier alpha value is -2.51. The summed E-state index contributed by atoms with van der Waals surface area (Å²) in [6, 6.07) is 4.44. The number of hydrogen-bond acceptors (Lipinski definition) is 5. The second kappa shape index (κ2) is 3.57. The van der Waals surface area contributed by atoms with Gasteiger partial charge in [0.25, 0.3) is 5.69 Å². The van der Waals surface area contributed by atoms with Crippen molar-refractivity contribution in [1.82, 2.24) is 15.4 Å². The number of nitro benzene ring substituents is 1. The topological polar surface area (TPSA) is 115 Å². The lowest BCUT2D eigenvalue weighted by molar-refractivity contribution is -0.783. The van der Waals surface area contributed by atoms with Crippen LogP contribution in [0.1, 0.15) is 0 Å². The van der Waals surface area contributed by atoms with E-state index in [0.29, 0.717) is 11.4 Å². The van der Waals surface area contributed by atoms with Gasteiger partial charge in [0.05, 0.1) is 15.6 Å². The molecule has 3 N–H and O–H groups in total. The van der Waals surface area contributed by atoms with Gasteiger partial charge in [0.1, 0.15) is 12.7 Å². The van der Waals surface area contributed by atoms with Crippen LogP contribution in [0, 0.1) is 10.1 Å². The van der Waals surface area contributed by atoms with Crippen LogP contribution in [0.5, 0.6) is 0 Å². The number of benzene rings is 1. The zero-order valence-corrected chi connectivity index (χ0v) is 8.41. The summed E-state index contributed by atoms with van der Waals surface area (Å²) in [6.45, 7) is 0. The van der Waals surface area contributed by atoms with E-state index in [1.165, 1.54) is 16.9 Å². The van der Waals surface area contributed by atoms with Gasteiger partial charge < -0.3 is 5.73 Å². The minimum absolute atomic E-state index is 0.119. The van der Waals surface area contributed by atoms with Gasteiger partial charge in [0.2, 0.25) is 0 Å². The fourth-order valence-corrected chi connectivity index (χ4v) is 1.27. The third-order valence-corrected chi connectivity index (χ3v) is 2.03. The Balaban J connectivity index is 2.51. The highest BCUT2D eigenvalue weighted by molar-refractivity contribution is 5.68. The van der Waals surface area contributed by atoms with E-state index in [2.05, 4.69) is 15.4 Å². The number of anilines is 1. The highest BCUT2D eigenvalue weighted by Crippen LogP contribution is 2.26. The third kappa shape index (κ3) is 1.67. The molecule has 0 aliphatic rings. The molecule has 1 aromatic heterocycles. The number of nitrogen functional groups attached to an aromatic ring is 1. The molecule has 16 heavy (non-hydrogen) atoms. The second-order valence-electron chi connectivity index (χ2n) is 3.19. The third-order valence-electron chi connectivity index (χ3n) is 2.03. The zero-order valence-electron chi connectivity index (χ0n) is 8.41. The summed E-state index contributed by atoms with van der Waals surface area (Å²) < 4.78 is 0. The van der Waals surface area contributed by atoms with Crippen molar-refractivity contribution in [3.63, 3.8) is 0 Å². The van der Waals surface area contributed by atoms with Gasteiger partial charge in [0, 0.05) is 6.07 Å². The lowest BCUT2D eigenvalue weighted by Crippen LogP contribution is -2.33. The predicted octanol–water partition coefficient (Wildman–Crippen LogP) is -0.213. The Labute approximate surface area is 89.8 Å². The van der Waals surface area contributed by atoms with E-state index in [0.717, 1.165) is 0 Å². The zero-order chi connectivity index (χ0) is 11.7. The van der Waals surface area contributed by atoms with Crippen molar-refractivity contribution < 1.29 is 9.72 Å². The van der Waals surface area contributed by atoms with E-state index >= 15 is 0 Å². The molecular weight excluding hydrogens is 212 g/mol. The molecule has 82 valence electrons. The van der Waals surface area contributed by atoms with E-state index in [1.54, 1.807) is 13.1 Å². The number of nitrogens with one attached hydrogen (secondary N) is 1. The molecule has 1 aromatic carbocycles. The van der Waals surface area contributed by atoms with Gasteiger partial charge in [0.15, 0.2) is 0 Å². The Morgan fingerprint density at radius 2 is 2.31 bits per heavy atom. The number of nitro groups is 1. The van der Waals surface area contributed by atoms with Crippen molar-refractivity contribution in [2.75, 3.05) is 5.73 Å². The fourth-order valence-electron chi connectivity index (χ4n) is 1.27. The molecule has 0 bridgehead atoms. The minimum Gasteiger partial charge on any atom is -0.393 e. The van der Waals surface area contributed by atoms with Crippen molar-refractivity contribution in [1.29, 1.82) is 0 Å². The molecule has 2 aromatic rings. The molecule has 8 heteroatoms. The largest absolute Gasteiger partial charge is 0.393 e. The maximum Gasteiger partial charge on any atom is 0.339 e. The molecule has 0 radical (unpaired) electrons. The van der Waals surface area contributed by atoms with E-state index in [9.17, 15) is 10.1 Å². The number of aryl methyl sites for hydroxylation is 1. The number of tetrazole rings is 1. The van der Waals surface area contributed by atoms with Crippen LogP contribution in [0.3, 0.4) is 0 Å². The van der Waals surface area contributed by atoms with Crippen LogP contribution in [0.15, 0.2) is 18.2 Å². The summed E-state index contributed by atoms with van der Waals surface area (Å²) in [5.41, 5.74) is 5.99. The van der Waals surface area contributed by atoms with Crippen LogP contribution >= 0.6 is 0 Å². The first kappa shape index (κ1) is 10.0. The monoisotopic (exact) mass is 221 g/mol. The Kier molecular flexibility index (Phi) is 2.24. The average molecular weight is 221 g/mol. The lowest BCUT2D eigenvalue weighted by atomic mass is 10.1. The maximum absolute atomic E-state index is 10.7. The van der Waals surface area contributed by atoms with Crippen LogP contribution in [0.2, 0.25) is 0 Å². The van der Waals surface area contributed by atoms with Gasteiger partial charge in [-0.3, -0.25) is 10.1 Å². The van der Waals surface area contributed by atoms with Gasteiger partial charge in [-0.05, 0) is 22.4 Å². The standard InChI is InChI=1S/C8H8N6O2/c1-13-11-8(10-12-13)5-2-3-6(9)7(4-5)14(15)16/h2-4H,1H3,(H2,9,11)/p+1. The number of aromatic amines is 1. The second-order valence-corrected chi connectivity index (χ2v) is 3.19. The smallest absolute Gasteiger partial charge is 0.339 e. The van der Waals surface area contributed by atoms with Crippen molar-refractivity contribution in [2.24, 2.45) is 7.05 Å². The highest BCUT2D eigenvalue weighted by Gasteiger charge is 2.18. The fraction of sp³-hybridized carbons (Fsp3) is 0.125. The predicted molar refractivity (Wildman–Crippen MR) is 54.1 cm³/mol. The molecule has 0 aliphatic carbocycles. The summed E-state index contributed by atoms with van der Waals surface area (Å²) >= 11 is 0. The van der Waals surface area contributed by atoms with Crippen LogP contribution < -0.4 is 10.5 Å². The summed E-state index contributed by atoms with van der Waals surface area (Å²) in [5.74, 6) is 0.380. The summed E-state index contributed by atoms with van der Waals surface area (Å²) in [6.07, 6.45) is 0. The quantitative estimate of drug-likeness (QED) is 0.315. The molecular formula is C8H9N6O2+. The van der Waals surface area contributed by atoms with Crippen LogP contribution in [-0.4, -0.2) is 20.3 Å². The van der Waals surface area contributed by atoms with Crippen molar-refractivity contribution in [2.45, 2.75) is 0 Å². The van der Waals surface area contributed by atoms with Crippen molar-refractivity contribution >= 4 is 11.4 Å². The highest BCUT2D eigenvalue weighted by atomic mass is 16.6.